The predicted octanol–water partition coefficient (Wildman–Crippen LogP) is 1.89. The minimum Gasteiger partial charge on any atom is -0.383 e. The van der Waals surface area contributed by atoms with E-state index in [1.165, 1.54) is 10.2 Å². The molecule has 1 N–H and O–H groups in total. The number of nitrogens with zero attached hydrogens (tertiary/aromatic N) is 2. The van der Waals surface area contributed by atoms with Gasteiger partial charge in [-0.05, 0) is 32.5 Å². The topological polar surface area (TPSA) is 56.1 Å². The van der Waals surface area contributed by atoms with E-state index < -0.39 is 0 Å². The molecule has 0 fully saturated rings. The molecule has 1 aromatic carbocycles. The fraction of sp³-hybridized carbons (Fsp3) is 0.412. The molecule has 0 aliphatic carbocycles. The van der Waals surface area contributed by atoms with Crippen molar-refractivity contribution in [1.82, 2.24) is 15.1 Å². The van der Waals surface area contributed by atoms with Crippen molar-refractivity contribution in [2.24, 2.45) is 0 Å². The summed E-state index contributed by atoms with van der Waals surface area (Å²) in [6.07, 6.45) is 0. The molecule has 0 saturated carbocycles. The average molecular weight is 301 g/mol. The second-order valence-electron chi connectivity index (χ2n) is 5.42. The maximum absolute atomic E-state index is 12.4. The number of nitrogens with one attached hydrogen (secondary N) is 1. The zero-order chi connectivity index (χ0) is 16.1. The maximum Gasteiger partial charge on any atom is 0.271 e. The Kier molecular flexibility index (Phi) is 5.46. The highest BCUT2D eigenvalue weighted by Gasteiger charge is 2.11. The van der Waals surface area contributed by atoms with Crippen LogP contribution in [0.2, 0.25) is 0 Å². The van der Waals surface area contributed by atoms with Crippen LogP contribution in [0.4, 0.5) is 0 Å². The second-order valence-corrected chi connectivity index (χ2v) is 5.42. The van der Waals surface area contributed by atoms with Gasteiger partial charge in [0, 0.05) is 24.8 Å². The lowest BCUT2D eigenvalue weighted by Gasteiger charge is -2.12. The SMILES string of the molecule is CNCc1cc(-c2ccc(C)cc2C)nn(CCOC)c1=O. The summed E-state index contributed by atoms with van der Waals surface area (Å²) in [5.41, 5.74) is 4.88. The zero-order valence-corrected chi connectivity index (χ0v) is 13.6. The average Bonchev–Trinajstić information content (AvgIpc) is 2.48. The van der Waals surface area contributed by atoms with E-state index in [1.54, 1.807) is 7.11 Å². The number of hydrogen-bond acceptors (Lipinski definition) is 4. The molecular weight excluding hydrogens is 278 g/mol. The van der Waals surface area contributed by atoms with Crippen LogP contribution in [-0.4, -0.2) is 30.5 Å². The standard InChI is InChI=1S/C17H23N3O2/c1-12-5-6-15(13(2)9-12)16-10-14(11-18-3)17(21)20(19-16)7-8-22-4/h5-6,9-10,18H,7-8,11H2,1-4H3. The molecule has 0 aliphatic rings. The summed E-state index contributed by atoms with van der Waals surface area (Å²) >= 11 is 0. The van der Waals surface area contributed by atoms with E-state index in [0.29, 0.717) is 25.3 Å². The number of aryl methyl sites for hydroxylation is 2. The Morgan fingerprint density at radius 1 is 1.27 bits per heavy atom. The van der Waals surface area contributed by atoms with Crippen LogP contribution in [0.3, 0.4) is 0 Å². The first-order valence-electron chi connectivity index (χ1n) is 7.39. The third-order valence-electron chi connectivity index (χ3n) is 3.58. The summed E-state index contributed by atoms with van der Waals surface area (Å²) in [6, 6.07) is 8.12. The van der Waals surface area contributed by atoms with Gasteiger partial charge in [0.15, 0.2) is 0 Å². The van der Waals surface area contributed by atoms with Gasteiger partial charge in [-0.3, -0.25) is 4.79 Å². The van der Waals surface area contributed by atoms with E-state index in [4.69, 9.17) is 4.74 Å². The van der Waals surface area contributed by atoms with Crippen molar-refractivity contribution < 1.29 is 4.74 Å². The van der Waals surface area contributed by atoms with Crippen molar-refractivity contribution in [1.29, 1.82) is 0 Å². The molecule has 0 saturated heterocycles. The Hall–Kier alpha value is -1.98. The third kappa shape index (κ3) is 3.61. The van der Waals surface area contributed by atoms with Gasteiger partial charge in [0.25, 0.3) is 5.56 Å². The normalized spacial score (nSPS) is 10.9. The van der Waals surface area contributed by atoms with Gasteiger partial charge in [-0.2, -0.15) is 5.10 Å². The van der Waals surface area contributed by atoms with Crippen LogP contribution in [-0.2, 0) is 17.8 Å². The van der Waals surface area contributed by atoms with Gasteiger partial charge < -0.3 is 10.1 Å². The molecule has 0 atom stereocenters. The Morgan fingerprint density at radius 3 is 2.68 bits per heavy atom. The molecular formula is C17H23N3O2. The Bertz CT molecular complexity index is 708. The lowest BCUT2D eigenvalue weighted by atomic mass is 10.0. The van der Waals surface area contributed by atoms with Gasteiger partial charge in [-0.15, -0.1) is 0 Å². The molecule has 0 aliphatic heterocycles. The highest BCUT2D eigenvalue weighted by Crippen LogP contribution is 2.22. The molecule has 0 amide bonds. The quantitative estimate of drug-likeness (QED) is 0.885. The Morgan fingerprint density at radius 2 is 2.05 bits per heavy atom. The van der Waals surface area contributed by atoms with Crippen molar-refractivity contribution in [3.63, 3.8) is 0 Å². The van der Waals surface area contributed by atoms with Crippen molar-refractivity contribution in [2.75, 3.05) is 20.8 Å². The molecule has 5 nitrogen and oxygen atoms in total. The first-order chi connectivity index (χ1) is 10.6. The van der Waals surface area contributed by atoms with E-state index in [0.717, 1.165) is 16.8 Å². The Labute approximate surface area is 130 Å². The fourth-order valence-electron chi connectivity index (χ4n) is 2.48. The van der Waals surface area contributed by atoms with Crippen LogP contribution in [0, 0.1) is 13.8 Å². The van der Waals surface area contributed by atoms with Crippen molar-refractivity contribution >= 4 is 0 Å². The molecule has 118 valence electrons. The minimum atomic E-state index is -0.0695. The van der Waals surface area contributed by atoms with Crippen LogP contribution in [0.25, 0.3) is 11.3 Å². The van der Waals surface area contributed by atoms with Gasteiger partial charge >= 0.3 is 0 Å². The second kappa shape index (κ2) is 7.33. The number of methoxy groups -OCH3 is 1. The lowest BCUT2D eigenvalue weighted by molar-refractivity contribution is 0.182. The number of ether oxygens (including phenoxy) is 1. The summed E-state index contributed by atoms with van der Waals surface area (Å²) < 4.78 is 6.56. The first-order valence-corrected chi connectivity index (χ1v) is 7.39. The highest BCUT2D eigenvalue weighted by molar-refractivity contribution is 5.64. The van der Waals surface area contributed by atoms with Crippen LogP contribution < -0.4 is 10.9 Å². The summed E-state index contributed by atoms with van der Waals surface area (Å²) in [4.78, 5) is 12.4. The van der Waals surface area contributed by atoms with Gasteiger partial charge in [-0.25, -0.2) is 4.68 Å². The molecule has 5 heteroatoms. The monoisotopic (exact) mass is 301 g/mol. The lowest BCUT2D eigenvalue weighted by Crippen LogP contribution is -2.30. The van der Waals surface area contributed by atoms with Crippen molar-refractivity contribution in [3.8, 4) is 11.3 Å². The van der Waals surface area contributed by atoms with Crippen LogP contribution in [0.5, 0.6) is 0 Å². The Balaban J connectivity index is 2.54. The number of aromatic nitrogens is 2. The third-order valence-corrected chi connectivity index (χ3v) is 3.58. The van der Waals surface area contributed by atoms with E-state index in [2.05, 4.69) is 42.5 Å². The van der Waals surface area contributed by atoms with Crippen LogP contribution in [0.15, 0.2) is 29.1 Å². The molecule has 1 heterocycles. The molecule has 2 rings (SSSR count). The van der Waals surface area contributed by atoms with E-state index in [-0.39, 0.29) is 5.56 Å². The number of hydrogen-bond donors (Lipinski definition) is 1. The van der Waals surface area contributed by atoms with Gasteiger partial charge in [0.05, 0.1) is 18.8 Å². The molecule has 1 aromatic heterocycles. The summed E-state index contributed by atoms with van der Waals surface area (Å²) in [6.45, 7) is 5.56. The fourth-order valence-corrected chi connectivity index (χ4v) is 2.48. The highest BCUT2D eigenvalue weighted by atomic mass is 16.5. The first kappa shape index (κ1) is 16.4. The predicted molar refractivity (Wildman–Crippen MR) is 88.0 cm³/mol. The zero-order valence-electron chi connectivity index (χ0n) is 13.6. The molecule has 2 aromatic rings. The molecule has 0 radical (unpaired) electrons. The number of benzene rings is 1. The molecule has 22 heavy (non-hydrogen) atoms. The van der Waals surface area contributed by atoms with Crippen molar-refractivity contribution in [2.45, 2.75) is 26.9 Å². The minimum absolute atomic E-state index is 0.0695. The van der Waals surface area contributed by atoms with Crippen LogP contribution >= 0.6 is 0 Å². The largest absolute Gasteiger partial charge is 0.383 e. The molecule has 0 bridgehead atoms. The van der Waals surface area contributed by atoms with Gasteiger partial charge in [0.1, 0.15) is 0 Å². The summed E-state index contributed by atoms with van der Waals surface area (Å²) in [7, 11) is 3.45. The summed E-state index contributed by atoms with van der Waals surface area (Å²) in [5.74, 6) is 0. The number of rotatable bonds is 6. The summed E-state index contributed by atoms with van der Waals surface area (Å²) in [5, 5.41) is 7.55. The molecule has 0 unspecified atom stereocenters. The van der Waals surface area contributed by atoms with E-state index >= 15 is 0 Å². The van der Waals surface area contributed by atoms with Gasteiger partial charge in [-0.1, -0.05) is 23.8 Å². The maximum atomic E-state index is 12.4. The van der Waals surface area contributed by atoms with E-state index in [9.17, 15) is 4.79 Å². The van der Waals surface area contributed by atoms with Gasteiger partial charge in [0.2, 0.25) is 0 Å². The van der Waals surface area contributed by atoms with E-state index in [1.807, 2.05) is 13.1 Å². The van der Waals surface area contributed by atoms with Crippen LogP contribution in [0.1, 0.15) is 16.7 Å². The smallest absolute Gasteiger partial charge is 0.271 e. The van der Waals surface area contributed by atoms with Crippen molar-refractivity contribution in [3.05, 3.63) is 51.3 Å². The molecule has 0 spiro atoms.